The predicted molar refractivity (Wildman–Crippen MR) is 215 cm³/mol. The van der Waals surface area contributed by atoms with E-state index in [1.54, 1.807) is 4.40 Å². The Kier molecular flexibility index (Phi) is 11.6. The quantitative estimate of drug-likeness (QED) is 0.123. The fourth-order valence-corrected chi connectivity index (χ4v) is 14.2. The molecule has 49 heavy (non-hydrogen) atoms. The van der Waals surface area contributed by atoms with Crippen molar-refractivity contribution in [3.8, 4) is 33.6 Å². The number of fused-ring (bicyclic) bond motifs is 3. The van der Waals surface area contributed by atoms with Crippen LogP contribution in [0.15, 0.2) is 116 Å². The molecule has 6 heteroatoms. The molecule has 7 rings (SSSR count). The third-order valence-corrected chi connectivity index (χ3v) is 16.7. The Balaban J connectivity index is 0.000000233. The first-order valence-electron chi connectivity index (χ1n) is 16.8. The van der Waals surface area contributed by atoms with Crippen LogP contribution in [0.5, 0.6) is 0 Å². The minimum Gasteiger partial charge on any atom is -0.305 e. The van der Waals surface area contributed by atoms with E-state index in [-0.39, 0.29) is 20.1 Å². The molecule has 0 amide bonds. The second-order valence-electron chi connectivity index (χ2n) is 14.8. The van der Waals surface area contributed by atoms with Gasteiger partial charge in [-0.25, -0.2) is 0 Å². The zero-order chi connectivity index (χ0) is 34.1. The molecule has 7 aromatic rings. The van der Waals surface area contributed by atoms with Gasteiger partial charge in [-0.15, -0.1) is 35.9 Å². The van der Waals surface area contributed by atoms with Gasteiger partial charge in [0.25, 0.3) is 0 Å². The van der Waals surface area contributed by atoms with Crippen LogP contribution in [-0.2, 0) is 20.1 Å². The van der Waals surface area contributed by atoms with Crippen LogP contribution in [0.4, 0.5) is 0 Å². The Labute approximate surface area is 313 Å². The molecule has 0 spiro atoms. The number of aromatic nitrogens is 2. The van der Waals surface area contributed by atoms with Crippen LogP contribution in [0, 0.1) is 12.1 Å². The smallest absolute Gasteiger partial charge is 0.0795 e. The summed E-state index contributed by atoms with van der Waals surface area (Å²) in [7, 11) is -1.23. The summed E-state index contributed by atoms with van der Waals surface area (Å²) in [5, 5.41) is 4.09. The van der Waals surface area contributed by atoms with Gasteiger partial charge >= 0.3 is 198 Å². The van der Waals surface area contributed by atoms with Gasteiger partial charge in [0.15, 0.2) is 0 Å². The third kappa shape index (κ3) is 8.24. The van der Waals surface area contributed by atoms with E-state index in [2.05, 4.69) is 147 Å². The van der Waals surface area contributed by atoms with Crippen molar-refractivity contribution in [2.24, 2.45) is 0 Å². The van der Waals surface area contributed by atoms with Crippen LogP contribution >= 0.6 is 11.3 Å². The van der Waals surface area contributed by atoms with Crippen molar-refractivity contribution in [2.45, 2.75) is 56.7 Å². The first-order valence-corrected chi connectivity index (χ1v) is 28.4. The number of rotatable bonds is 6. The van der Waals surface area contributed by atoms with E-state index in [9.17, 15) is 0 Å². The molecule has 0 aliphatic heterocycles. The molecule has 1 radical (unpaired) electrons. The topological polar surface area (TPSA) is 25.8 Å². The minimum absolute atomic E-state index is 0. The van der Waals surface area contributed by atoms with E-state index in [4.69, 9.17) is 4.98 Å². The minimum atomic E-state index is -2.20. The van der Waals surface area contributed by atoms with Crippen molar-refractivity contribution in [1.29, 1.82) is 0 Å². The number of pyridine rings is 2. The summed E-state index contributed by atoms with van der Waals surface area (Å²) in [5.41, 5.74) is 8.25. The standard InChI is InChI=1S/C29H28GeNS.C14H16NSi.Ir/c1-19(2)21-16-17-31-26(18-21)25-13-9-12-23-24-15-14-22(20-10-7-6-8-11-20)27(30(3,4)5)29(24)32-28(23)25;1-16(2,3)13-9-10-14(15-11-13)12-7-5-4-6-8-12;/h6-12,14-19H,1-5H3;4-7,9-11H,1-3H3;/q2*-1;. The molecule has 0 atom stereocenters. The second-order valence-corrected chi connectivity index (χ2v) is 31.4. The van der Waals surface area contributed by atoms with Gasteiger partial charge < -0.3 is 4.98 Å². The maximum Gasteiger partial charge on any atom is 0.0795 e. The van der Waals surface area contributed by atoms with E-state index >= 15 is 0 Å². The van der Waals surface area contributed by atoms with Crippen LogP contribution < -0.4 is 9.58 Å². The summed E-state index contributed by atoms with van der Waals surface area (Å²) in [6, 6.07) is 43.2. The normalized spacial score (nSPS) is 11.7. The van der Waals surface area contributed by atoms with Crippen molar-refractivity contribution >= 4 is 62.4 Å². The summed E-state index contributed by atoms with van der Waals surface area (Å²) in [5.74, 6) is 8.00. The molecule has 3 aromatic heterocycles. The average molecular weight is 914 g/mol. The number of benzene rings is 4. The van der Waals surface area contributed by atoms with Crippen molar-refractivity contribution in [3.63, 3.8) is 0 Å². The molecule has 0 aliphatic rings. The fourth-order valence-electron chi connectivity index (χ4n) is 6.09. The number of hydrogen-bond donors (Lipinski definition) is 0. The molecular weight excluding hydrogens is 869 g/mol. The molecule has 4 aromatic carbocycles. The molecule has 0 N–H and O–H groups in total. The van der Waals surface area contributed by atoms with Crippen molar-refractivity contribution in [1.82, 2.24) is 9.97 Å². The molecule has 2 nitrogen and oxygen atoms in total. The summed E-state index contributed by atoms with van der Waals surface area (Å²) in [6.45, 7) is 11.5. The molecular formula is C43H44GeIrN2SSi-2. The molecule has 0 fully saturated rings. The van der Waals surface area contributed by atoms with E-state index in [0.717, 1.165) is 22.5 Å². The molecule has 0 bridgehead atoms. The summed E-state index contributed by atoms with van der Waals surface area (Å²) >= 11 is -0.264. The van der Waals surface area contributed by atoms with Gasteiger partial charge in [0, 0.05) is 26.3 Å². The van der Waals surface area contributed by atoms with Crippen molar-refractivity contribution in [2.75, 3.05) is 0 Å². The maximum atomic E-state index is 4.74. The molecule has 0 aliphatic carbocycles. The summed E-state index contributed by atoms with van der Waals surface area (Å²) in [6.07, 6.45) is 3.95. The van der Waals surface area contributed by atoms with Crippen molar-refractivity contribution < 1.29 is 20.1 Å². The summed E-state index contributed by atoms with van der Waals surface area (Å²) < 4.78 is 4.36. The van der Waals surface area contributed by atoms with Gasteiger partial charge in [-0.2, -0.15) is 0 Å². The Morgan fingerprint density at radius 2 is 1.45 bits per heavy atom. The van der Waals surface area contributed by atoms with E-state index in [0.29, 0.717) is 5.92 Å². The Hall–Kier alpha value is -3.19. The maximum absolute atomic E-state index is 4.74. The predicted octanol–water partition coefficient (Wildman–Crippen LogP) is 11.3. The van der Waals surface area contributed by atoms with Crippen LogP contribution in [0.3, 0.4) is 0 Å². The van der Waals surface area contributed by atoms with Crippen LogP contribution in [0.1, 0.15) is 25.3 Å². The zero-order valence-corrected chi connectivity index (χ0v) is 36.0. The first kappa shape index (κ1) is 37.1. The Morgan fingerprint density at radius 1 is 0.714 bits per heavy atom. The molecule has 251 valence electrons. The summed E-state index contributed by atoms with van der Waals surface area (Å²) in [4.78, 5) is 9.25. The first-order chi connectivity index (χ1) is 22.9. The Bertz CT molecular complexity index is 2170. The second kappa shape index (κ2) is 15.4. The monoisotopic (exact) mass is 915 g/mol. The number of hydrogen-bond acceptors (Lipinski definition) is 3. The van der Waals surface area contributed by atoms with E-state index in [1.807, 2.05) is 48.0 Å². The zero-order valence-electron chi connectivity index (χ0n) is 29.7. The van der Waals surface area contributed by atoms with Gasteiger partial charge in [-0.05, 0) is 10.9 Å². The average Bonchev–Trinajstić information content (AvgIpc) is 3.47. The van der Waals surface area contributed by atoms with Gasteiger partial charge in [0.2, 0.25) is 0 Å². The largest absolute Gasteiger partial charge is 0.305 e. The third-order valence-electron chi connectivity index (χ3n) is 8.76. The number of thiophene rings is 1. The van der Waals surface area contributed by atoms with Crippen LogP contribution in [0.2, 0.25) is 36.9 Å². The van der Waals surface area contributed by atoms with Gasteiger partial charge in [0.1, 0.15) is 0 Å². The van der Waals surface area contributed by atoms with Gasteiger partial charge in [-0.1, -0.05) is 31.8 Å². The fraction of sp³-hybridized carbons (Fsp3) is 0.209. The van der Waals surface area contributed by atoms with Crippen LogP contribution in [-0.4, -0.2) is 31.3 Å². The number of nitrogens with zero attached hydrogens (tertiary/aromatic N) is 2. The Morgan fingerprint density at radius 3 is 2.08 bits per heavy atom. The van der Waals surface area contributed by atoms with Gasteiger partial charge in [-0.3, -0.25) is 0 Å². The SMILES string of the molecule is CC(C)c1ccnc(-c2[c-]ccc3c2sc2[c]([Ge]([CH3])([CH3])[CH3])c(-c4ccccc4)ccc23)c1.C[Si](C)(C)c1ccc(-c2[c-]cccc2)nc1.[Ir]. The molecule has 3 heterocycles. The molecule has 0 unspecified atom stereocenters. The molecule has 0 saturated carbocycles. The van der Waals surface area contributed by atoms with E-state index < -0.39 is 21.3 Å². The van der Waals surface area contributed by atoms with E-state index in [1.165, 1.54) is 42.0 Å². The van der Waals surface area contributed by atoms with Gasteiger partial charge in [0.05, 0.1) is 8.07 Å². The van der Waals surface area contributed by atoms with Crippen LogP contribution in [0.25, 0.3) is 53.8 Å². The molecule has 0 saturated heterocycles. The van der Waals surface area contributed by atoms with Crippen molar-refractivity contribution in [3.05, 3.63) is 133 Å².